The molecule has 0 aliphatic carbocycles. The van der Waals surface area contributed by atoms with E-state index in [9.17, 15) is 9.90 Å². The van der Waals surface area contributed by atoms with Crippen LogP contribution in [0.3, 0.4) is 0 Å². The van der Waals surface area contributed by atoms with E-state index in [1.54, 1.807) is 23.5 Å². The molecule has 3 aromatic rings. The number of imidazole rings is 1. The molecular weight excluding hydrogens is 342 g/mol. The molecule has 140 valence electrons. The number of hydrogen-bond donors (Lipinski definition) is 1. The van der Waals surface area contributed by atoms with E-state index in [1.165, 1.54) is 5.56 Å². The zero-order chi connectivity index (χ0) is 18.8. The number of aromatic nitrogens is 3. The first kappa shape index (κ1) is 17.6. The third kappa shape index (κ3) is 3.56. The molecule has 7 heteroatoms. The van der Waals surface area contributed by atoms with Gasteiger partial charge in [0, 0.05) is 25.8 Å². The predicted octanol–water partition coefficient (Wildman–Crippen LogP) is 1.23. The molecule has 1 unspecified atom stereocenters. The molecule has 2 aromatic heterocycles. The Kier molecular flexibility index (Phi) is 4.87. The third-order valence-corrected chi connectivity index (χ3v) is 5.17. The van der Waals surface area contributed by atoms with Gasteiger partial charge in [-0.15, -0.1) is 0 Å². The van der Waals surface area contributed by atoms with Crippen LogP contribution in [0.15, 0.2) is 48.9 Å². The number of piperazine rings is 1. The van der Waals surface area contributed by atoms with Crippen LogP contribution in [0.5, 0.6) is 0 Å². The Hall–Kier alpha value is -2.77. The van der Waals surface area contributed by atoms with Crippen LogP contribution < -0.4 is 0 Å². The summed E-state index contributed by atoms with van der Waals surface area (Å²) in [5.74, 6) is -0.0615. The van der Waals surface area contributed by atoms with Crippen molar-refractivity contribution in [2.75, 3.05) is 33.3 Å². The third-order valence-electron chi connectivity index (χ3n) is 5.17. The number of likely N-dealkylation sites (N-methyl/N-ethyl adjacent to an activating group) is 1. The molecule has 1 aromatic carbocycles. The highest BCUT2D eigenvalue weighted by Crippen LogP contribution is 2.17. The highest BCUT2D eigenvalue weighted by molar-refractivity contribution is 5.96. The minimum absolute atomic E-state index is 0.0236. The first-order valence-electron chi connectivity index (χ1n) is 9.11. The molecule has 1 aliphatic heterocycles. The minimum atomic E-state index is -0.0615. The van der Waals surface area contributed by atoms with E-state index in [0.717, 1.165) is 12.2 Å². The van der Waals surface area contributed by atoms with Crippen molar-refractivity contribution >= 4 is 17.1 Å². The van der Waals surface area contributed by atoms with Gasteiger partial charge in [-0.2, -0.15) is 0 Å². The Labute approximate surface area is 157 Å². The number of carbonyl (C=O) groups is 1. The zero-order valence-corrected chi connectivity index (χ0v) is 15.3. The van der Waals surface area contributed by atoms with Crippen molar-refractivity contribution in [1.29, 1.82) is 0 Å². The Balaban J connectivity index is 1.54. The van der Waals surface area contributed by atoms with Gasteiger partial charge in [-0.05, 0) is 18.7 Å². The van der Waals surface area contributed by atoms with E-state index in [-0.39, 0.29) is 18.6 Å². The maximum Gasteiger partial charge on any atom is 0.255 e. The lowest BCUT2D eigenvalue weighted by Crippen LogP contribution is -2.54. The van der Waals surface area contributed by atoms with Crippen LogP contribution in [0.2, 0.25) is 0 Å². The number of aliphatic hydroxyl groups excluding tert-OH is 1. The molecule has 0 saturated carbocycles. The van der Waals surface area contributed by atoms with Crippen molar-refractivity contribution in [2.24, 2.45) is 0 Å². The van der Waals surface area contributed by atoms with Gasteiger partial charge in [-0.3, -0.25) is 9.69 Å². The molecule has 0 spiro atoms. The van der Waals surface area contributed by atoms with Crippen molar-refractivity contribution in [3.8, 4) is 0 Å². The summed E-state index contributed by atoms with van der Waals surface area (Å²) in [5, 5.41) is 9.49. The van der Waals surface area contributed by atoms with Crippen molar-refractivity contribution in [3.05, 3.63) is 60.0 Å². The van der Waals surface area contributed by atoms with Crippen molar-refractivity contribution in [2.45, 2.75) is 12.6 Å². The van der Waals surface area contributed by atoms with Gasteiger partial charge >= 0.3 is 0 Å². The second kappa shape index (κ2) is 7.46. The maximum atomic E-state index is 12.9. The van der Waals surface area contributed by atoms with Crippen LogP contribution in [-0.2, 0) is 6.54 Å². The highest BCUT2D eigenvalue weighted by Gasteiger charge is 2.27. The van der Waals surface area contributed by atoms with Crippen molar-refractivity contribution in [3.63, 3.8) is 0 Å². The van der Waals surface area contributed by atoms with Gasteiger partial charge in [0.1, 0.15) is 5.52 Å². The van der Waals surface area contributed by atoms with Crippen LogP contribution >= 0.6 is 0 Å². The van der Waals surface area contributed by atoms with Crippen LogP contribution in [0, 0.1) is 0 Å². The maximum absolute atomic E-state index is 12.9. The monoisotopic (exact) mass is 365 g/mol. The zero-order valence-electron chi connectivity index (χ0n) is 15.3. The molecule has 7 nitrogen and oxygen atoms in total. The second-order valence-corrected chi connectivity index (χ2v) is 6.99. The van der Waals surface area contributed by atoms with Crippen LogP contribution in [0.25, 0.3) is 11.2 Å². The average Bonchev–Trinajstić information content (AvgIpc) is 3.10. The first-order valence-corrected chi connectivity index (χ1v) is 9.11. The predicted molar refractivity (Wildman–Crippen MR) is 102 cm³/mol. The average molecular weight is 365 g/mol. The fourth-order valence-corrected chi connectivity index (χ4v) is 3.47. The van der Waals surface area contributed by atoms with E-state index >= 15 is 0 Å². The number of hydrogen-bond acceptors (Lipinski definition) is 5. The van der Waals surface area contributed by atoms with Gasteiger partial charge in [0.15, 0.2) is 5.65 Å². The summed E-state index contributed by atoms with van der Waals surface area (Å²) in [6, 6.07) is 11.9. The second-order valence-electron chi connectivity index (χ2n) is 6.99. The molecule has 1 atom stereocenters. The Morgan fingerprint density at radius 1 is 1.22 bits per heavy atom. The van der Waals surface area contributed by atoms with Crippen LogP contribution in [0.4, 0.5) is 0 Å². The van der Waals surface area contributed by atoms with Crippen LogP contribution in [0.1, 0.15) is 15.9 Å². The van der Waals surface area contributed by atoms with Gasteiger partial charge < -0.3 is 14.6 Å². The quantitative estimate of drug-likeness (QED) is 0.753. The summed E-state index contributed by atoms with van der Waals surface area (Å²) in [6.45, 7) is 2.65. The standard InChI is InChI=1S/C20H23N5O2/c1-23-7-8-24(12-17(23)13-26)20(27)16-9-18-19(21-10-16)25(14-22-18)11-15-5-3-2-4-6-15/h2-6,9-10,14,17,26H,7-8,11-13H2,1H3. The van der Waals surface area contributed by atoms with Crippen molar-refractivity contribution in [1.82, 2.24) is 24.3 Å². The Morgan fingerprint density at radius 3 is 2.81 bits per heavy atom. The van der Waals surface area contributed by atoms with E-state index < -0.39 is 0 Å². The van der Waals surface area contributed by atoms with Crippen LogP contribution in [-0.4, -0.2) is 74.7 Å². The number of pyridine rings is 1. The Bertz CT molecular complexity index is 940. The number of aliphatic hydroxyl groups is 1. The lowest BCUT2D eigenvalue weighted by molar-refractivity contribution is 0.0421. The molecule has 0 bridgehead atoms. The largest absolute Gasteiger partial charge is 0.395 e. The summed E-state index contributed by atoms with van der Waals surface area (Å²) < 4.78 is 1.98. The molecule has 3 heterocycles. The number of nitrogens with zero attached hydrogens (tertiary/aromatic N) is 5. The smallest absolute Gasteiger partial charge is 0.255 e. The lowest BCUT2D eigenvalue weighted by atomic mass is 10.1. The minimum Gasteiger partial charge on any atom is -0.395 e. The summed E-state index contributed by atoms with van der Waals surface area (Å²) in [5.41, 5.74) is 3.19. The number of benzene rings is 1. The fourth-order valence-electron chi connectivity index (χ4n) is 3.47. The molecular formula is C20H23N5O2. The molecule has 27 heavy (non-hydrogen) atoms. The molecule has 1 saturated heterocycles. The molecule has 1 amide bonds. The molecule has 4 rings (SSSR count). The van der Waals surface area contributed by atoms with Gasteiger partial charge in [-0.1, -0.05) is 30.3 Å². The van der Waals surface area contributed by atoms with Gasteiger partial charge in [0.05, 0.1) is 31.1 Å². The summed E-state index contributed by atoms with van der Waals surface area (Å²) >= 11 is 0. The van der Waals surface area contributed by atoms with E-state index in [4.69, 9.17) is 0 Å². The normalized spacial score (nSPS) is 18.1. The number of carbonyl (C=O) groups excluding carboxylic acids is 1. The number of fused-ring (bicyclic) bond motifs is 1. The van der Waals surface area contributed by atoms with E-state index in [0.29, 0.717) is 30.7 Å². The topological polar surface area (TPSA) is 74.5 Å². The number of amides is 1. The molecule has 1 aliphatic rings. The lowest BCUT2D eigenvalue weighted by Gasteiger charge is -2.38. The van der Waals surface area contributed by atoms with Gasteiger partial charge in [-0.25, -0.2) is 9.97 Å². The summed E-state index contributed by atoms with van der Waals surface area (Å²) in [4.78, 5) is 25.7. The SMILES string of the molecule is CN1CCN(C(=O)c2cnc3c(c2)ncn3Cc2ccccc2)CC1CO. The summed E-state index contributed by atoms with van der Waals surface area (Å²) in [6.07, 6.45) is 3.39. The molecule has 0 radical (unpaired) electrons. The fraction of sp³-hybridized carbons (Fsp3) is 0.350. The van der Waals surface area contributed by atoms with E-state index in [2.05, 4.69) is 27.0 Å². The van der Waals surface area contributed by atoms with Gasteiger partial charge in [0.2, 0.25) is 0 Å². The Morgan fingerprint density at radius 2 is 2.04 bits per heavy atom. The molecule has 1 N–H and O–H groups in total. The molecule has 1 fully saturated rings. The van der Waals surface area contributed by atoms with Crippen molar-refractivity contribution < 1.29 is 9.90 Å². The number of rotatable bonds is 4. The van der Waals surface area contributed by atoms with E-state index in [1.807, 2.05) is 29.8 Å². The highest BCUT2D eigenvalue weighted by atomic mass is 16.3. The summed E-state index contributed by atoms with van der Waals surface area (Å²) in [7, 11) is 1.97. The van der Waals surface area contributed by atoms with Gasteiger partial charge in [0.25, 0.3) is 5.91 Å². The first-order chi connectivity index (χ1) is 13.2.